The van der Waals surface area contributed by atoms with Gasteiger partial charge in [0, 0.05) is 19.1 Å². The fourth-order valence-corrected chi connectivity index (χ4v) is 2.94. The van der Waals surface area contributed by atoms with E-state index in [1.807, 2.05) is 4.90 Å². The molecule has 0 aromatic carbocycles. The summed E-state index contributed by atoms with van der Waals surface area (Å²) < 4.78 is 0. The Bertz CT molecular complexity index is 273. The van der Waals surface area contributed by atoms with Crippen molar-refractivity contribution in [3.8, 4) is 0 Å². The van der Waals surface area contributed by atoms with Crippen molar-refractivity contribution < 1.29 is 4.79 Å². The minimum Gasteiger partial charge on any atom is -0.341 e. The van der Waals surface area contributed by atoms with Gasteiger partial charge in [0.1, 0.15) is 0 Å². The Morgan fingerprint density at radius 3 is 2.63 bits per heavy atom. The van der Waals surface area contributed by atoms with Crippen molar-refractivity contribution in [2.75, 3.05) is 32.7 Å². The number of hydrogen-bond acceptors (Lipinski definition) is 4. The lowest BCUT2D eigenvalue weighted by molar-refractivity contribution is -0.133. The van der Waals surface area contributed by atoms with Gasteiger partial charge in [-0.25, -0.2) is 0 Å². The predicted octanol–water partition coefficient (Wildman–Crippen LogP) is 0.0579. The van der Waals surface area contributed by atoms with E-state index < -0.39 is 0 Å². The lowest BCUT2D eigenvalue weighted by Crippen LogP contribution is -2.48. The van der Waals surface area contributed by atoms with E-state index in [9.17, 15) is 4.79 Å². The van der Waals surface area contributed by atoms with Crippen LogP contribution in [0.4, 0.5) is 0 Å². The zero-order valence-electron chi connectivity index (χ0n) is 11.9. The molecule has 2 aliphatic rings. The lowest BCUT2D eigenvalue weighted by Gasteiger charge is -2.29. The quantitative estimate of drug-likeness (QED) is 0.659. The average Bonchev–Trinajstić information content (AvgIpc) is 2.48. The highest BCUT2D eigenvalue weighted by Gasteiger charge is 2.22. The van der Waals surface area contributed by atoms with E-state index in [0.29, 0.717) is 6.04 Å². The number of nitrogens with zero attached hydrogens (tertiary/aromatic N) is 1. The monoisotopic (exact) mass is 268 g/mol. The Morgan fingerprint density at radius 1 is 1.26 bits per heavy atom. The average molecular weight is 268 g/mol. The summed E-state index contributed by atoms with van der Waals surface area (Å²) in [7, 11) is 0. The van der Waals surface area contributed by atoms with E-state index in [0.717, 1.165) is 52.0 Å². The SMILES string of the molecule is N[C@@H](CCNC1CCNCC1)C(=O)N1CCCCC1. The third-order valence-electron chi connectivity index (χ3n) is 4.21. The molecule has 2 rings (SSSR count). The third kappa shape index (κ3) is 4.75. The van der Waals surface area contributed by atoms with Crippen molar-refractivity contribution in [2.45, 2.75) is 50.6 Å². The molecule has 2 saturated heterocycles. The van der Waals surface area contributed by atoms with E-state index in [1.165, 1.54) is 19.3 Å². The van der Waals surface area contributed by atoms with Crippen LogP contribution in [-0.4, -0.2) is 55.6 Å². The molecule has 1 amide bonds. The van der Waals surface area contributed by atoms with Crippen LogP contribution in [0.2, 0.25) is 0 Å². The first-order valence-electron chi connectivity index (χ1n) is 7.76. The van der Waals surface area contributed by atoms with Crippen molar-refractivity contribution in [1.29, 1.82) is 0 Å². The summed E-state index contributed by atoms with van der Waals surface area (Å²) in [5, 5.41) is 6.87. The zero-order valence-corrected chi connectivity index (χ0v) is 11.9. The van der Waals surface area contributed by atoms with Crippen molar-refractivity contribution >= 4 is 5.91 Å². The molecule has 0 radical (unpaired) electrons. The smallest absolute Gasteiger partial charge is 0.239 e. The molecule has 0 unspecified atom stereocenters. The Kier molecular flexibility index (Phi) is 6.07. The lowest BCUT2D eigenvalue weighted by atomic mass is 10.1. The van der Waals surface area contributed by atoms with Crippen LogP contribution < -0.4 is 16.4 Å². The van der Waals surface area contributed by atoms with Crippen LogP contribution in [-0.2, 0) is 4.79 Å². The maximum absolute atomic E-state index is 12.1. The van der Waals surface area contributed by atoms with Gasteiger partial charge in [0.2, 0.25) is 5.91 Å². The fraction of sp³-hybridized carbons (Fsp3) is 0.929. The van der Waals surface area contributed by atoms with Crippen LogP contribution in [0.1, 0.15) is 38.5 Å². The second-order valence-electron chi connectivity index (χ2n) is 5.76. The molecule has 0 aromatic heterocycles. The van der Waals surface area contributed by atoms with Gasteiger partial charge in [0.15, 0.2) is 0 Å². The van der Waals surface area contributed by atoms with Gasteiger partial charge >= 0.3 is 0 Å². The molecule has 0 bridgehead atoms. The molecule has 0 spiro atoms. The van der Waals surface area contributed by atoms with Crippen molar-refractivity contribution in [2.24, 2.45) is 5.73 Å². The second kappa shape index (κ2) is 7.82. The van der Waals surface area contributed by atoms with Gasteiger partial charge in [-0.1, -0.05) is 0 Å². The van der Waals surface area contributed by atoms with Crippen LogP contribution in [0.3, 0.4) is 0 Å². The molecule has 0 saturated carbocycles. The summed E-state index contributed by atoms with van der Waals surface area (Å²) in [4.78, 5) is 14.1. The van der Waals surface area contributed by atoms with E-state index >= 15 is 0 Å². The largest absolute Gasteiger partial charge is 0.341 e. The van der Waals surface area contributed by atoms with Crippen LogP contribution >= 0.6 is 0 Å². The number of rotatable bonds is 5. The van der Waals surface area contributed by atoms with Crippen molar-refractivity contribution in [3.63, 3.8) is 0 Å². The first-order chi connectivity index (χ1) is 9.27. The van der Waals surface area contributed by atoms with Crippen LogP contribution in [0.5, 0.6) is 0 Å². The number of piperidine rings is 2. The highest BCUT2D eigenvalue weighted by molar-refractivity contribution is 5.81. The Morgan fingerprint density at radius 2 is 1.95 bits per heavy atom. The van der Waals surface area contributed by atoms with Crippen LogP contribution in [0, 0.1) is 0 Å². The Balaban J connectivity index is 1.62. The number of likely N-dealkylation sites (tertiary alicyclic amines) is 1. The maximum atomic E-state index is 12.1. The third-order valence-corrected chi connectivity index (χ3v) is 4.21. The van der Waals surface area contributed by atoms with Crippen LogP contribution in [0.15, 0.2) is 0 Å². The number of carbonyl (C=O) groups excluding carboxylic acids is 1. The maximum Gasteiger partial charge on any atom is 0.239 e. The van der Waals surface area contributed by atoms with E-state index in [1.54, 1.807) is 0 Å². The number of nitrogens with one attached hydrogen (secondary N) is 2. The highest BCUT2D eigenvalue weighted by Crippen LogP contribution is 2.10. The van der Waals surface area contributed by atoms with E-state index in [-0.39, 0.29) is 11.9 Å². The zero-order chi connectivity index (χ0) is 13.5. The molecule has 1 atom stereocenters. The number of amides is 1. The summed E-state index contributed by atoms with van der Waals surface area (Å²) in [5.41, 5.74) is 6.02. The van der Waals surface area contributed by atoms with Gasteiger partial charge in [-0.3, -0.25) is 4.79 Å². The molecule has 2 aliphatic heterocycles. The first-order valence-corrected chi connectivity index (χ1v) is 7.76. The molecule has 2 heterocycles. The van der Waals surface area contributed by atoms with Crippen molar-refractivity contribution in [3.05, 3.63) is 0 Å². The summed E-state index contributed by atoms with van der Waals surface area (Å²) in [6.45, 7) is 4.83. The molecule has 0 aliphatic carbocycles. The summed E-state index contributed by atoms with van der Waals surface area (Å²) in [5.74, 6) is 0.145. The standard InChI is InChI=1S/C14H28N4O/c15-13(14(19)18-10-2-1-3-11-18)6-9-17-12-4-7-16-8-5-12/h12-13,16-17H,1-11,15H2/t13-/m0/s1. The Hall–Kier alpha value is -0.650. The van der Waals surface area contributed by atoms with Gasteiger partial charge in [-0.2, -0.15) is 0 Å². The van der Waals surface area contributed by atoms with Crippen molar-refractivity contribution in [1.82, 2.24) is 15.5 Å². The molecule has 0 aromatic rings. The topological polar surface area (TPSA) is 70.4 Å². The second-order valence-corrected chi connectivity index (χ2v) is 5.76. The van der Waals surface area contributed by atoms with E-state index in [4.69, 9.17) is 5.73 Å². The minimum absolute atomic E-state index is 0.145. The predicted molar refractivity (Wildman–Crippen MR) is 76.9 cm³/mol. The molecular weight excluding hydrogens is 240 g/mol. The summed E-state index contributed by atoms with van der Waals surface area (Å²) in [6, 6.07) is 0.269. The summed E-state index contributed by atoms with van der Waals surface area (Å²) >= 11 is 0. The van der Waals surface area contributed by atoms with E-state index in [2.05, 4.69) is 10.6 Å². The normalized spacial score (nSPS) is 23.3. The highest BCUT2D eigenvalue weighted by atomic mass is 16.2. The number of carbonyl (C=O) groups is 1. The fourth-order valence-electron chi connectivity index (χ4n) is 2.94. The minimum atomic E-state index is -0.327. The van der Waals surface area contributed by atoms with Gasteiger partial charge in [-0.15, -0.1) is 0 Å². The van der Waals surface area contributed by atoms with Crippen LogP contribution in [0.25, 0.3) is 0 Å². The number of nitrogens with two attached hydrogens (primary N) is 1. The van der Waals surface area contributed by atoms with Gasteiger partial charge < -0.3 is 21.3 Å². The molecule has 4 N–H and O–H groups in total. The van der Waals surface area contributed by atoms with Gasteiger partial charge in [0.05, 0.1) is 6.04 Å². The van der Waals surface area contributed by atoms with Gasteiger partial charge in [0.25, 0.3) is 0 Å². The first kappa shape index (κ1) is 14.8. The molecule has 2 fully saturated rings. The Labute approximate surface area is 116 Å². The summed E-state index contributed by atoms with van der Waals surface area (Å²) in [6.07, 6.45) is 6.61. The molecule has 5 heteroatoms. The molecule has 5 nitrogen and oxygen atoms in total. The molecular formula is C14H28N4O. The molecule has 110 valence electrons. The number of hydrogen-bond donors (Lipinski definition) is 3. The molecule has 19 heavy (non-hydrogen) atoms. The van der Waals surface area contributed by atoms with Gasteiger partial charge in [-0.05, 0) is 58.2 Å².